The fourth-order valence-electron chi connectivity index (χ4n) is 5.07. The molecule has 3 unspecified atom stereocenters. The van der Waals surface area contributed by atoms with Gasteiger partial charge in [-0.05, 0) is 36.3 Å². The molecule has 9 nitrogen and oxygen atoms in total. The Balaban J connectivity index is 1.46. The van der Waals surface area contributed by atoms with E-state index < -0.39 is 29.0 Å². The summed E-state index contributed by atoms with van der Waals surface area (Å²) in [6.45, 7) is 8.01. The van der Waals surface area contributed by atoms with Crippen LogP contribution in [0.4, 0.5) is 0 Å². The number of β-amino-alcohol motifs (C(OH)–C–C–N with tert-alkyl or cyclic N) is 1. The highest BCUT2D eigenvalue weighted by Crippen LogP contribution is 2.49. The number of nitrogens with two attached hydrogens (primary N) is 2. The third-order valence-corrected chi connectivity index (χ3v) is 8.49. The Labute approximate surface area is 234 Å². The third kappa shape index (κ3) is 6.11. The van der Waals surface area contributed by atoms with Crippen LogP contribution >= 0.6 is 11.3 Å². The summed E-state index contributed by atoms with van der Waals surface area (Å²) < 4.78 is 0. The standard InChI is InChI=1S/C29H38N6O3S/c1-6-29(11-12-29)23(30)16-35(31)25(28(3,4)5)27(38)34-15-21(36)13-22(34)26(37)32-14-19-7-9-20(10-8-19)24-18(2)33-17-39-24/h1,7-10,16-17,21-22,25,36H,11-15,30-31H2,2-5H3,(H,32,37)/b23-16-. The number of hydrogen-bond donors (Lipinski definition) is 4. The number of nitrogens with one attached hydrogen (secondary N) is 1. The minimum atomic E-state index is -0.826. The monoisotopic (exact) mass is 550 g/mol. The van der Waals surface area contributed by atoms with E-state index in [1.807, 2.05) is 57.5 Å². The zero-order chi connectivity index (χ0) is 28.5. The molecule has 208 valence electrons. The first-order valence-corrected chi connectivity index (χ1v) is 14.0. The Morgan fingerprint density at radius 3 is 2.56 bits per heavy atom. The number of thiazole rings is 1. The van der Waals surface area contributed by atoms with Crippen molar-refractivity contribution in [3.05, 3.63) is 52.9 Å². The van der Waals surface area contributed by atoms with E-state index >= 15 is 0 Å². The van der Waals surface area contributed by atoms with E-state index in [2.05, 4.69) is 16.2 Å². The van der Waals surface area contributed by atoms with Gasteiger partial charge in [0, 0.05) is 31.4 Å². The molecule has 3 atom stereocenters. The van der Waals surface area contributed by atoms with Gasteiger partial charge in [0.25, 0.3) is 0 Å². The number of carbonyl (C=O) groups excluding carboxylic acids is 2. The largest absolute Gasteiger partial charge is 0.400 e. The minimum Gasteiger partial charge on any atom is -0.400 e. The molecule has 1 aromatic carbocycles. The van der Waals surface area contributed by atoms with Gasteiger partial charge in [0.1, 0.15) is 12.1 Å². The molecule has 2 heterocycles. The Morgan fingerprint density at radius 1 is 1.36 bits per heavy atom. The van der Waals surface area contributed by atoms with Crippen LogP contribution in [0.1, 0.15) is 51.3 Å². The van der Waals surface area contributed by atoms with E-state index in [1.165, 1.54) is 9.91 Å². The molecule has 1 aliphatic carbocycles. The number of amides is 2. The number of aryl methyl sites for hydroxylation is 1. The number of nitrogens with zero attached hydrogens (tertiary/aromatic N) is 3. The Bertz CT molecular complexity index is 1290. The van der Waals surface area contributed by atoms with Crippen molar-refractivity contribution in [1.29, 1.82) is 0 Å². The summed E-state index contributed by atoms with van der Waals surface area (Å²) in [5.41, 5.74) is 10.4. The van der Waals surface area contributed by atoms with Crippen LogP contribution in [0.2, 0.25) is 0 Å². The van der Waals surface area contributed by atoms with Gasteiger partial charge < -0.3 is 26.1 Å². The van der Waals surface area contributed by atoms with E-state index in [0.29, 0.717) is 12.2 Å². The highest BCUT2D eigenvalue weighted by molar-refractivity contribution is 7.13. The molecule has 6 N–H and O–H groups in total. The van der Waals surface area contributed by atoms with Crippen molar-refractivity contribution in [3.8, 4) is 22.8 Å². The molecule has 1 aliphatic heterocycles. The second-order valence-electron chi connectivity index (χ2n) is 11.6. The van der Waals surface area contributed by atoms with Gasteiger partial charge in [0.2, 0.25) is 11.8 Å². The van der Waals surface area contributed by atoms with Crippen molar-refractivity contribution >= 4 is 23.2 Å². The topological polar surface area (TPSA) is 138 Å². The van der Waals surface area contributed by atoms with Crippen LogP contribution in [0.5, 0.6) is 0 Å². The lowest BCUT2D eigenvalue weighted by Gasteiger charge is -2.39. The molecule has 39 heavy (non-hydrogen) atoms. The molecule has 0 spiro atoms. The Hall–Kier alpha value is -3.39. The SMILES string of the molecule is C#CC1(/C(N)=C/N(N)C(C(=O)N2CC(O)CC2C(=O)NCc2ccc(-c3scnc3C)cc2)C(C)(C)C)CC1. The quantitative estimate of drug-likeness (QED) is 0.225. The van der Waals surface area contributed by atoms with Gasteiger partial charge in [-0.1, -0.05) is 51.0 Å². The number of likely N-dealkylation sites (tertiary alicyclic amines) is 1. The summed E-state index contributed by atoms with van der Waals surface area (Å²) in [6.07, 6.45) is 8.10. The molecule has 10 heteroatoms. The Kier molecular flexibility index (Phi) is 8.07. The van der Waals surface area contributed by atoms with E-state index in [0.717, 1.165) is 34.5 Å². The number of terminal acetylenes is 1. The summed E-state index contributed by atoms with van der Waals surface area (Å²) in [5.74, 6) is 8.45. The number of carbonyl (C=O) groups is 2. The number of aromatic nitrogens is 1. The fraction of sp³-hybridized carbons (Fsp3) is 0.483. The maximum atomic E-state index is 13.9. The van der Waals surface area contributed by atoms with Gasteiger partial charge in [-0.25, -0.2) is 10.8 Å². The van der Waals surface area contributed by atoms with Crippen molar-refractivity contribution in [1.82, 2.24) is 20.2 Å². The average Bonchev–Trinajstić information content (AvgIpc) is 3.42. The third-order valence-electron chi connectivity index (χ3n) is 7.51. The summed E-state index contributed by atoms with van der Waals surface area (Å²) >= 11 is 1.59. The maximum absolute atomic E-state index is 13.9. The maximum Gasteiger partial charge on any atom is 0.248 e. The number of aliphatic hydroxyl groups excluding tert-OH is 1. The molecule has 0 bridgehead atoms. The molecule has 1 saturated heterocycles. The lowest BCUT2D eigenvalue weighted by molar-refractivity contribution is -0.145. The van der Waals surface area contributed by atoms with Gasteiger partial charge >= 0.3 is 0 Å². The zero-order valence-electron chi connectivity index (χ0n) is 23.0. The number of rotatable bonds is 8. The normalized spacial score (nSPS) is 21.3. The van der Waals surface area contributed by atoms with Crippen LogP contribution in [0.15, 0.2) is 41.7 Å². The van der Waals surface area contributed by atoms with Crippen molar-refractivity contribution in [2.75, 3.05) is 6.54 Å². The molecule has 0 radical (unpaired) electrons. The van der Waals surface area contributed by atoms with Crippen LogP contribution in [0.25, 0.3) is 10.4 Å². The van der Waals surface area contributed by atoms with Crippen LogP contribution in [0, 0.1) is 30.1 Å². The molecule has 2 fully saturated rings. The first kappa shape index (κ1) is 28.6. The highest BCUT2D eigenvalue weighted by atomic mass is 32.1. The van der Waals surface area contributed by atoms with E-state index in [4.69, 9.17) is 18.0 Å². The number of allylic oxidation sites excluding steroid dienone is 1. The van der Waals surface area contributed by atoms with E-state index in [9.17, 15) is 14.7 Å². The lowest BCUT2D eigenvalue weighted by Crippen LogP contribution is -2.58. The molecule has 2 amide bonds. The van der Waals surface area contributed by atoms with E-state index in [-0.39, 0.29) is 24.8 Å². The summed E-state index contributed by atoms with van der Waals surface area (Å²) in [7, 11) is 0. The van der Waals surface area contributed by atoms with Crippen molar-refractivity contribution in [2.24, 2.45) is 22.4 Å². The number of hydrogen-bond acceptors (Lipinski definition) is 8. The first-order valence-electron chi connectivity index (χ1n) is 13.1. The molecule has 2 aliphatic rings. The summed E-state index contributed by atoms with van der Waals surface area (Å²) in [4.78, 5) is 34.0. The van der Waals surface area contributed by atoms with Gasteiger partial charge in [-0.15, -0.1) is 17.8 Å². The molecular formula is C29H38N6O3S. The molecule has 1 saturated carbocycles. The smallest absolute Gasteiger partial charge is 0.248 e. The zero-order valence-corrected chi connectivity index (χ0v) is 23.8. The predicted molar refractivity (Wildman–Crippen MR) is 152 cm³/mol. The van der Waals surface area contributed by atoms with Crippen LogP contribution < -0.4 is 16.9 Å². The lowest BCUT2D eigenvalue weighted by atomic mass is 9.85. The highest BCUT2D eigenvalue weighted by Gasteiger charge is 2.47. The number of benzene rings is 1. The molecule has 1 aromatic heterocycles. The van der Waals surface area contributed by atoms with Crippen molar-refractivity contribution in [3.63, 3.8) is 0 Å². The van der Waals surface area contributed by atoms with Gasteiger partial charge in [0.05, 0.1) is 27.6 Å². The average molecular weight is 551 g/mol. The molecular weight excluding hydrogens is 512 g/mol. The second-order valence-corrected chi connectivity index (χ2v) is 12.5. The van der Waals surface area contributed by atoms with Crippen molar-refractivity contribution < 1.29 is 14.7 Å². The van der Waals surface area contributed by atoms with Crippen LogP contribution in [-0.4, -0.2) is 56.5 Å². The van der Waals surface area contributed by atoms with Crippen LogP contribution in [-0.2, 0) is 16.1 Å². The van der Waals surface area contributed by atoms with Gasteiger partial charge in [0.15, 0.2) is 0 Å². The van der Waals surface area contributed by atoms with Crippen molar-refractivity contribution in [2.45, 2.75) is 71.7 Å². The summed E-state index contributed by atoms with van der Waals surface area (Å²) in [5, 5.41) is 14.7. The molecule has 4 rings (SSSR count). The minimum absolute atomic E-state index is 0.0493. The second kappa shape index (κ2) is 11.0. The first-order chi connectivity index (χ1) is 18.4. The van der Waals surface area contributed by atoms with Crippen LogP contribution in [0.3, 0.4) is 0 Å². The number of hydrazine groups is 1. The Morgan fingerprint density at radius 2 is 2.03 bits per heavy atom. The van der Waals surface area contributed by atoms with Gasteiger partial charge in [-0.2, -0.15) is 0 Å². The van der Waals surface area contributed by atoms with E-state index in [1.54, 1.807) is 17.5 Å². The summed E-state index contributed by atoms with van der Waals surface area (Å²) in [6, 6.07) is 6.29. The number of aliphatic hydroxyl groups is 1. The molecule has 2 aromatic rings. The van der Waals surface area contributed by atoms with Gasteiger partial charge in [-0.3, -0.25) is 9.59 Å². The predicted octanol–water partition coefficient (Wildman–Crippen LogP) is 2.50. The fourth-order valence-corrected chi connectivity index (χ4v) is 5.88.